The number of benzene rings is 1. The van der Waals surface area contributed by atoms with Crippen LogP contribution in [0.5, 0.6) is 5.75 Å². The fourth-order valence-electron chi connectivity index (χ4n) is 3.07. The number of hydrogen-bond donors (Lipinski definition) is 1. The highest BCUT2D eigenvalue weighted by molar-refractivity contribution is 5.35. The van der Waals surface area contributed by atoms with Gasteiger partial charge in [-0.1, -0.05) is 39.2 Å². The lowest BCUT2D eigenvalue weighted by atomic mass is 9.95. The van der Waals surface area contributed by atoms with E-state index in [1.165, 1.54) is 43.2 Å². The molecule has 0 radical (unpaired) electrons. The maximum atomic E-state index is 5.93. The van der Waals surface area contributed by atoms with Gasteiger partial charge in [0.2, 0.25) is 0 Å². The molecule has 118 valence electrons. The lowest BCUT2D eigenvalue weighted by Crippen LogP contribution is -2.32. The van der Waals surface area contributed by atoms with Crippen molar-refractivity contribution in [2.45, 2.75) is 71.3 Å². The van der Waals surface area contributed by atoms with Gasteiger partial charge >= 0.3 is 0 Å². The molecule has 2 heteroatoms. The average molecular weight is 289 g/mol. The zero-order chi connectivity index (χ0) is 15.1. The lowest BCUT2D eigenvalue weighted by Gasteiger charge is -2.22. The maximum absolute atomic E-state index is 5.93. The van der Waals surface area contributed by atoms with Gasteiger partial charge in [0, 0.05) is 6.04 Å². The van der Waals surface area contributed by atoms with Crippen LogP contribution in [0.1, 0.15) is 69.4 Å². The van der Waals surface area contributed by atoms with Crippen LogP contribution in [-0.4, -0.2) is 19.2 Å². The first-order chi connectivity index (χ1) is 10.1. The van der Waals surface area contributed by atoms with Gasteiger partial charge in [0.15, 0.2) is 0 Å². The third kappa shape index (κ3) is 5.70. The molecule has 1 aliphatic carbocycles. The SMILES string of the molecule is Cc1cc(OCCCNC2CCCCC2)cc(C(C)C)c1. The van der Waals surface area contributed by atoms with E-state index in [0.29, 0.717) is 5.92 Å². The van der Waals surface area contributed by atoms with Crippen LogP contribution in [-0.2, 0) is 0 Å². The summed E-state index contributed by atoms with van der Waals surface area (Å²) in [4.78, 5) is 0. The highest BCUT2D eigenvalue weighted by Crippen LogP contribution is 2.23. The molecule has 0 heterocycles. The van der Waals surface area contributed by atoms with Gasteiger partial charge in [-0.15, -0.1) is 0 Å². The molecule has 0 aliphatic heterocycles. The minimum atomic E-state index is 0.556. The molecular formula is C19H31NO. The molecule has 0 amide bonds. The van der Waals surface area contributed by atoms with Crippen LogP contribution in [0.4, 0.5) is 0 Å². The van der Waals surface area contributed by atoms with E-state index in [1.54, 1.807) is 0 Å². The summed E-state index contributed by atoms with van der Waals surface area (Å²) < 4.78 is 5.93. The Morgan fingerprint density at radius 2 is 1.90 bits per heavy atom. The first-order valence-corrected chi connectivity index (χ1v) is 8.63. The quantitative estimate of drug-likeness (QED) is 0.727. The largest absolute Gasteiger partial charge is 0.494 e. The van der Waals surface area contributed by atoms with E-state index in [1.807, 2.05) is 0 Å². The van der Waals surface area contributed by atoms with Crippen LogP contribution < -0.4 is 10.1 Å². The van der Waals surface area contributed by atoms with Crippen molar-refractivity contribution >= 4 is 0 Å². The molecule has 2 rings (SSSR count). The number of rotatable bonds is 7. The molecule has 0 bridgehead atoms. The minimum Gasteiger partial charge on any atom is -0.494 e. The predicted molar refractivity (Wildman–Crippen MR) is 90.3 cm³/mol. The molecule has 1 aromatic carbocycles. The van der Waals surface area contributed by atoms with Gasteiger partial charge in [-0.3, -0.25) is 0 Å². The van der Waals surface area contributed by atoms with E-state index < -0.39 is 0 Å². The summed E-state index contributed by atoms with van der Waals surface area (Å²) in [6, 6.07) is 7.33. The first-order valence-electron chi connectivity index (χ1n) is 8.63. The summed E-state index contributed by atoms with van der Waals surface area (Å²) in [5.74, 6) is 1.58. The highest BCUT2D eigenvalue weighted by atomic mass is 16.5. The standard InChI is InChI=1S/C19H31NO/c1-15(2)17-12-16(3)13-19(14-17)21-11-7-10-20-18-8-5-4-6-9-18/h12-15,18,20H,4-11H2,1-3H3. The summed E-state index contributed by atoms with van der Waals surface area (Å²) >= 11 is 0. The Morgan fingerprint density at radius 3 is 2.62 bits per heavy atom. The van der Waals surface area contributed by atoms with Gasteiger partial charge in [-0.05, 0) is 61.9 Å². The van der Waals surface area contributed by atoms with Crippen molar-refractivity contribution in [1.82, 2.24) is 5.32 Å². The Labute approximate surface area is 130 Å². The molecule has 0 aromatic heterocycles. The van der Waals surface area contributed by atoms with Crippen molar-refractivity contribution in [3.63, 3.8) is 0 Å². The lowest BCUT2D eigenvalue weighted by molar-refractivity contribution is 0.296. The van der Waals surface area contributed by atoms with Crippen molar-refractivity contribution in [3.8, 4) is 5.75 Å². The van der Waals surface area contributed by atoms with Crippen LogP contribution in [0.15, 0.2) is 18.2 Å². The van der Waals surface area contributed by atoms with Crippen LogP contribution >= 0.6 is 0 Å². The van der Waals surface area contributed by atoms with Gasteiger partial charge in [-0.25, -0.2) is 0 Å². The minimum absolute atomic E-state index is 0.556. The molecule has 1 N–H and O–H groups in total. The van der Waals surface area contributed by atoms with Crippen LogP contribution in [0.25, 0.3) is 0 Å². The molecule has 1 aromatic rings. The van der Waals surface area contributed by atoms with Gasteiger partial charge in [0.25, 0.3) is 0 Å². The summed E-state index contributed by atoms with van der Waals surface area (Å²) in [6.07, 6.45) is 8.02. The van der Waals surface area contributed by atoms with Crippen LogP contribution in [0.3, 0.4) is 0 Å². The third-order valence-corrected chi connectivity index (χ3v) is 4.37. The summed E-state index contributed by atoms with van der Waals surface area (Å²) in [7, 11) is 0. The smallest absolute Gasteiger partial charge is 0.119 e. The van der Waals surface area contributed by atoms with Gasteiger partial charge < -0.3 is 10.1 Å². The molecule has 0 saturated heterocycles. The average Bonchev–Trinajstić information content (AvgIpc) is 2.47. The molecular weight excluding hydrogens is 258 g/mol. The second-order valence-corrected chi connectivity index (χ2v) is 6.73. The van der Waals surface area contributed by atoms with Gasteiger partial charge in [0.1, 0.15) is 5.75 Å². The van der Waals surface area contributed by atoms with E-state index in [9.17, 15) is 0 Å². The Balaban J connectivity index is 1.68. The molecule has 0 unspecified atom stereocenters. The zero-order valence-corrected chi connectivity index (χ0v) is 14.0. The molecule has 0 atom stereocenters. The molecule has 21 heavy (non-hydrogen) atoms. The highest BCUT2D eigenvalue weighted by Gasteiger charge is 2.11. The normalized spacial score (nSPS) is 16.4. The Morgan fingerprint density at radius 1 is 1.14 bits per heavy atom. The number of aryl methyl sites for hydroxylation is 1. The van der Waals surface area contributed by atoms with Crippen molar-refractivity contribution in [2.75, 3.05) is 13.2 Å². The first kappa shape index (κ1) is 16.4. The Kier molecular flexibility index (Phi) is 6.56. The molecule has 1 fully saturated rings. The number of ether oxygens (including phenoxy) is 1. The summed E-state index contributed by atoms with van der Waals surface area (Å²) in [5, 5.41) is 3.67. The molecule has 0 spiro atoms. The monoisotopic (exact) mass is 289 g/mol. The second kappa shape index (κ2) is 8.43. The van der Waals surface area contributed by atoms with E-state index >= 15 is 0 Å². The molecule has 1 saturated carbocycles. The van der Waals surface area contributed by atoms with Gasteiger partial charge in [0.05, 0.1) is 6.61 Å². The van der Waals surface area contributed by atoms with Crippen molar-refractivity contribution in [1.29, 1.82) is 0 Å². The van der Waals surface area contributed by atoms with Crippen LogP contribution in [0.2, 0.25) is 0 Å². The maximum Gasteiger partial charge on any atom is 0.119 e. The van der Waals surface area contributed by atoms with Crippen molar-refractivity contribution in [3.05, 3.63) is 29.3 Å². The van der Waals surface area contributed by atoms with E-state index in [2.05, 4.69) is 44.3 Å². The summed E-state index contributed by atoms with van der Waals surface area (Å²) in [6.45, 7) is 8.48. The van der Waals surface area contributed by atoms with Crippen LogP contribution in [0, 0.1) is 6.92 Å². The third-order valence-electron chi connectivity index (χ3n) is 4.37. The summed E-state index contributed by atoms with van der Waals surface area (Å²) in [5.41, 5.74) is 2.65. The topological polar surface area (TPSA) is 21.3 Å². The number of hydrogen-bond acceptors (Lipinski definition) is 2. The molecule has 1 aliphatic rings. The number of nitrogens with one attached hydrogen (secondary N) is 1. The molecule has 2 nitrogen and oxygen atoms in total. The van der Waals surface area contributed by atoms with Crippen molar-refractivity contribution < 1.29 is 4.74 Å². The Bertz CT molecular complexity index is 422. The predicted octanol–water partition coefficient (Wildman–Crippen LogP) is 4.81. The fourth-order valence-corrected chi connectivity index (χ4v) is 3.07. The van der Waals surface area contributed by atoms with Gasteiger partial charge in [-0.2, -0.15) is 0 Å². The zero-order valence-electron chi connectivity index (χ0n) is 14.0. The van der Waals surface area contributed by atoms with E-state index in [4.69, 9.17) is 4.74 Å². The van der Waals surface area contributed by atoms with E-state index in [0.717, 1.165) is 31.4 Å². The van der Waals surface area contributed by atoms with E-state index in [-0.39, 0.29) is 0 Å². The second-order valence-electron chi connectivity index (χ2n) is 6.73. The van der Waals surface area contributed by atoms with Crippen molar-refractivity contribution in [2.24, 2.45) is 0 Å². The Hall–Kier alpha value is -1.02. The fraction of sp³-hybridized carbons (Fsp3) is 0.684.